The van der Waals surface area contributed by atoms with E-state index in [4.69, 9.17) is 11.6 Å². The topological polar surface area (TPSA) is 58.6 Å². The van der Waals surface area contributed by atoms with Gasteiger partial charge in [0.2, 0.25) is 0 Å². The van der Waals surface area contributed by atoms with E-state index in [1.807, 2.05) is 13.8 Å². The molecule has 6 heteroatoms. The molecule has 5 nitrogen and oxygen atoms in total. The highest BCUT2D eigenvalue weighted by Gasteiger charge is 2.15. The van der Waals surface area contributed by atoms with Crippen molar-refractivity contribution in [2.45, 2.75) is 26.7 Å². The largest absolute Gasteiger partial charge is 0.465 e. The Labute approximate surface area is 130 Å². The molecule has 0 spiro atoms. The summed E-state index contributed by atoms with van der Waals surface area (Å²) in [6.45, 7) is 5.38. The Bertz CT molecular complexity index is 500. The highest BCUT2D eigenvalue weighted by atomic mass is 35.5. The maximum Gasteiger partial charge on any atom is 0.337 e. The average Bonchev–Trinajstić information content (AvgIpc) is 2.48. The fourth-order valence-corrected chi connectivity index (χ4v) is 2.08. The molecule has 0 aliphatic carbocycles. The first-order valence-electron chi connectivity index (χ1n) is 6.97. The van der Waals surface area contributed by atoms with Crippen molar-refractivity contribution >= 4 is 29.3 Å². The summed E-state index contributed by atoms with van der Waals surface area (Å²) in [7, 11) is 1.30. The molecule has 0 radical (unpaired) electrons. The first-order chi connectivity index (χ1) is 10.0. The van der Waals surface area contributed by atoms with Gasteiger partial charge in [-0.3, -0.25) is 0 Å². The van der Waals surface area contributed by atoms with Crippen LogP contribution in [0.2, 0.25) is 5.02 Å². The number of hydrogen-bond acceptors (Lipinski definition) is 3. The van der Waals surface area contributed by atoms with Crippen molar-refractivity contribution in [1.29, 1.82) is 0 Å². The molecule has 0 bridgehead atoms. The summed E-state index contributed by atoms with van der Waals surface area (Å²) in [6.07, 6.45) is 1.76. The lowest BCUT2D eigenvalue weighted by molar-refractivity contribution is 0.0600. The number of carbonyl (C=O) groups is 2. The predicted molar refractivity (Wildman–Crippen MR) is 84.0 cm³/mol. The van der Waals surface area contributed by atoms with E-state index in [1.165, 1.54) is 13.2 Å². The molecular formula is C15H21ClN2O3. The van der Waals surface area contributed by atoms with E-state index in [9.17, 15) is 9.59 Å². The van der Waals surface area contributed by atoms with Crippen LogP contribution in [-0.2, 0) is 4.74 Å². The molecule has 1 aromatic carbocycles. The van der Waals surface area contributed by atoms with Crippen molar-refractivity contribution in [3.05, 3.63) is 28.8 Å². The molecular weight excluding hydrogens is 292 g/mol. The number of esters is 1. The third-order valence-corrected chi connectivity index (χ3v) is 3.23. The molecule has 116 valence electrons. The van der Waals surface area contributed by atoms with Crippen LogP contribution < -0.4 is 5.32 Å². The molecule has 0 saturated carbocycles. The van der Waals surface area contributed by atoms with Crippen molar-refractivity contribution in [2.75, 3.05) is 25.5 Å². The van der Waals surface area contributed by atoms with Crippen LogP contribution in [0.4, 0.5) is 10.5 Å². The SMILES string of the molecule is CCCN(CCC)C(=O)Nc1cc(C(=O)OC)ccc1Cl. The molecule has 1 rings (SSSR count). The van der Waals surface area contributed by atoms with Gasteiger partial charge in [0.25, 0.3) is 0 Å². The second-order valence-corrected chi connectivity index (χ2v) is 5.01. The smallest absolute Gasteiger partial charge is 0.337 e. The predicted octanol–water partition coefficient (Wildman–Crippen LogP) is 3.78. The van der Waals surface area contributed by atoms with E-state index in [2.05, 4.69) is 10.1 Å². The van der Waals surface area contributed by atoms with Gasteiger partial charge in [-0.2, -0.15) is 0 Å². The summed E-state index contributed by atoms with van der Waals surface area (Å²) >= 11 is 6.06. The number of anilines is 1. The molecule has 1 aromatic rings. The zero-order valence-corrected chi connectivity index (χ0v) is 13.4. The van der Waals surface area contributed by atoms with E-state index < -0.39 is 5.97 Å². The fourth-order valence-electron chi connectivity index (χ4n) is 1.91. The quantitative estimate of drug-likeness (QED) is 0.813. The average molecular weight is 313 g/mol. The third-order valence-electron chi connectivity index (χ3n) is 2.90. The summed E-state index contributed by atoms with van der Waals surface area (Å²) in [5, 5.41) is 3.13. The lowest BCUT2D eigenvalue weighted by Crippen LogP contribution is -2.36. The highest BCUT2D eigenvalue weighted by molar-refractivity contribution is 6.33. The molecule has 0 atom stereocenters. The van der Waals surface area contributed by atoms with Crippen LogP contribution >= 0.6 is 11.6 Å². The van der Waals surface area contributed by atoms with Gasteiger partial charge in [0.1, 0.15) is 0 Å². The molecule has 0 heterocycles. The lowest BCUT2D eigenvalue weighted by Gasteiger charge is -2.22. The van der Waals surface area contributed by atoms with Crippen LogP contribution in [0.25, 0.3) is 0 Å². The minimum Gasteiger partial charge on any atom is -0.465 e. The van der Waals surface area contributed by atoms with Crippen LogP contribution in [-0.4, -0.2) is 37.1 Å². The molecule has 21 heavy (non-hydrogen) atoms. The van der Waals surface area contributed by atoms with Crippen LogP contribution in [0.5, 0.6) is 0 Å². The lowest BCUT2D eigenvalue weighted by atomic mass is 10.2. The number of methoxy groups -OCH3 is 1. The zero-order chi connectivity index (χ0) is 15.8. The molecule has 0 saturated heterocycles. The zero-order valence-electron chi connectivity index (χ0n) is 12.6. The van der Waals surface area contributed by atoms with Crippen molar-refractivity contribution in [3.8, 4) is 0 Å². The van der Waals surface area contributed by atoms with Crippen LogP contribution in [0.15, 0.2) is 18.2 Å². The Hall–Kier alpha value is -1.75. The van der Waals surface area contributed by atoms with E-state index in [-0.39, 0.29) is 6.03 Å². The standard InChI is InChI=1S/C15H21ClN2O3/c1-4-8-18(9-5-2)15(20)17-13-10-11(14(19)21-3)6-7-12(13)16/h6-7,10H,4-5,8-9H2,1-3H3,(H,17,20). The van der Waals surface area contributed by atoms with Gasteiger partial charge < -0.3 is 15.0 Å². The van der Waals surface area contributed by atoms with Crippen molar-refractivity contribution in [1.82, 2.24) is 4.90 Å². The maximum atomic E-state index is 12.2. The Balaban J connectivity index is 2.90. The van der Waals surface area contributed by atoms with Crippen LogP contribution in [0.1, 0.15) is 37.0 Å². The van der Waals surface area contributed by atoms with Gasteiger partial charge in [-0.15, -0.1) is 0 Å². The van der Waals surface area contributed by atoms with Gasteiger partial charge in [0, 0.05) is 13.1 Å². The normalized spacial score (nSPS) is 10.1. The van der Waals surface area contributed by atoms with Crippen LogP contribution in [0.3, 0.4) is 0 Å². The van der Waals surface area contributed by atoms with E-state index in [0.717, 1.165) is 12.8 Å². The van der Waals surface area contributed by atoms with Crippen LogP contribution in [0, 0.1) is 0 Å². The summed E-state index contributed by atoms with van der Waals surface area (Å²) in [5.74, 6) is -0.471. The number of nitrogens with zero attached hydrogens (tertiary/aromatic N) is 1. The number of halogens is 1. The molecule has 0 aliphatic heterocycles. The Morgan fingerprint density at radius 3 is 2.38 bits per heavy atom. The Morgan fingerprint density at radius 1 is 1.24 bits per heavy atom. The number of nitrogens with one attached hydrogen (secondary N) is 1. The molecule has 2 amide bonds. The van der Waals surface area contributed by atoms with Gasteiger partial charge in [-0.1, -0.05) is 25.4 Å². The second-order valence-electron chi connectivity index (χ2n) is 4.60. The van der Waals surface area contributed by atoms with E-state index >= 15 is 0 Å². The Morgan fingerprint density at radius 2 is 1.86 bits per heavy atom. The first-order valence-corrected chi connectivity index (χ1v) is 7.35. The van der Waals surface area contributed by atoms with Crippen molar-refractivity contribution in [3.63, 3.8) is 0 Å². The molecule has 0 aromatic heterocycles. The van der Waals surface area contributed by atoms with Crippen molar-refractivity contribution < 1.29 is 14.3 Å². The van der Waals surface area contributed by atoms with Crippen molar-refractivity contribution in [2.24, 2.45) is 0 Å². The summed E-state index contributed by atoms with van der Waals surface area (Å²) in [6, 6.07) is 4.41. The number of amides is 2. The number of ether oxygens (including phenoxy) is 1. The first kappa shape index (κ1) is 17.3. The number of benzene rings is 1. The number of rotatable bonds is 6. The maximum absolute atomic E-state index is 12.2. The molecule has 0 aliphatic rings. The minimum absolute atomic E-state index is 0.220. The minimum atomic E-state index is -0.471. The second kappa shape index (κ2) is 8.52. The molecule has 1 N–H and O–H groups in total. The number of urea groups is 1. The van der Waals surface area contributed by atoms with Gasteiger partial charge in [0.05, 0.1) is 23.4 Å². The fraction of sp³-hybridized carbons (Fsp3) is 0.467. The van der Waals surface area contributed by atoms with E-state index in [1.54, 1.807) is 17.0 Å². The molecule has 0 fully saturated rings. The number of hydrogen-bond donors (Lipinski definition) is 1. The third kappa shape index (κ3) is 4.93. The summed E-state index contributed by atoms with van der Waals surface area (Å²) in [4.78, 5) is 25.5. The molecule has 0 unspecified atom stereocenters. The van der Waals surface area contributed by atoms with Gasteiger partial charge >= 0.3 is 12.0 Å². The van der Waals surface area contributed by atoms with Gasteiger partial charge in [-0.25, -0.2) is 9.59 Å². The van der Waals surface area contributed by atoms with E-state index in [0.29, 0.717) is 29.4 Å². The Kier molecular flexibility index (Phi) is 7.02. The summed E-state index contributed by atoms with van der Waals surface area (Å²) in [5.41, 5.74) is 0.747. The van der Waals surface area contributed by atoms with Gasteiger partial charge in [-0.05, 0) is 31.0 Å². The van der Waals surface area contributed by atoms with Gasteiger partial charge in [0.15, 0.2) is 0 Å². The highest BCUT2D eigenvalue weighted by Crippen LogP contribution is 2.24. The monoisotopic (exact) mass is 312 g/mol. The summed E-state index contributed by atoms with van der Waals surface area (Å²) < 4.78 is 4.66. The number of carbonyl (C=O) groups excluding carboxylic acids is 2.